The summed E-state index contributed by atoms with van der Waals surface area (Å²) in [6, 6.07) is 11.2. The Kier molecular flexibility index (Phi) is 3.95. The Hall–Kier alpha value is -1.35. The quantitative estimate of drug-likeness (QED) is 0.745. The van der Waals surface area contributed by atoms with E-state index in [0.29, 0.717) is 16.0 Å². The molecular weight excluding hydrogens is 304 g/mol. The molecule has 100 valence electrons. The molecule has 0 fully saturated rings. The van der Waals surface area contributed by atoms with Crippen LogP contribution in [-0.4, -0.2) is 5.78 Å². The smallest absolute Gasteiger partial charge is 0.228 e. The van der Waals surface area contributed by atoms with Crippen LogP contribution < -0.4 is 0 Å². The van der Waals surface area contributed by atoms with Crippen molar-refractivity contribution in [1.82, 2.24) is 0 Å². The first-order chi connectivity index (χ1) is 8.94. The average Bonchev–Trinajstić information content (AvgIpc) is 2.85. The zero-order chi connectivity index (χ0) is 14.0. The van der Waals surface area contributed by atoms with Crippen LogP contribution in [0.5, 0.6) is 0 Å². The number of benzene rings is 1. The van der Waals surface area contributed by atoms with Crippen molar-refractivity contribution in [3.63, 3.8) is 0 Å². The molecule has 19 heavy (non-hydrogen) atoms. The number of rotatable bonds is 4. The van der Waals surface area contributed by atoms with Crippen LogP contribution in [0.2, 0.25) is 0 Å². The van der Waals surface area contributed by atoms with Gasteiger partial charge in [-0.15, -0.1) is 0 Å². The highest BCUT2D eigenvalue weighted by atomic mass is 79.9. The summed E-state index contributed by atoms with van der Waals surface area (Å²) >= 11 is 3.20. The summed E-state index contributed by atoms with van der Waals surface area (Å²) in [6.45, 7) is 6.57. The standard InChI is InChI=1S/C16H17BrO2/c1-4-16(2,3)12-7-5-11(6-8-12)15(18)13-9-10-14(17)19-13/h5-10H,4H2,1-3H3. The average molecular weight is 321 g/mol. The molecule has 0 bridgehead atoms. The summed E-state index contributed by atoms with van der Waals surface area (Å²) in [5.74, 6) is 0.265. The first-order valence-electron chi connectivity index (χ1n) is 6.34. The Bertz CT molecular complexity index is 579. The molecule has 0 aliphatic carbocycles. The van der Waals surface area contributed by atoms with E-state index >= 15 is 0 Å². The van der Waals surface area contributed by atoms with Gasteiger partial charge in [0.25, 0.3) is 0 Å². The van der Waals surface area contributed by atoms with Crippen molar-refractivity contribution in [2.75, 3.05) is 0 Å². The van der Waals surface area contributed by atoms with Gasteiger partial charge in [0, 0.05) is 5.56 Å². The highest BCUT2D eigenvalue weighted by molar-refractivity contribution is 9.10. The van der Waals surface area contributed by atoms with Crippen LogP contribution in [0.1, 0.15) is 48.9 Å². The van der Waals surface area contributed by atoms with Gasteiger partial charge in [0.1, 0.15) is 0 Å². The molecule has 0 aliphatic rings. The first kappa shape index (κ1) is 14.1. The maximum atomic E-state index is 12.2. The third-order valence-corrected chi connectivity index (χ3v) is 4.04. The lowest BCUT2D eigenvalue weighted by molar-refractivity contribution is 0.101. The lowest BCUT2D eigenvalue weighted by Gasteiger charge is -2.23. The molecule has 0 spiro atoms. The zero-order valence-electron chi connectivity index (χ0n) is 11.4. The van der Waals surface area contributed by atoms with Crippen molar-refractivity contribution in [2.24, 2.45) is 0 Å². The fourth-order valence-corrected chi connectivity index (χ4v) is 2.16. The molecule has 0 N–H and O–H groups in total. The third-order valence-electron chi connectivity index (χ3n) is 3.61. The predicted molar refractivity (Wildman–Crippen MR) is 79.6 cm³/mol. The van der Waals surface area contributed by atoms with E-state index in [1.165, 1.54) is 5.56 Å². The number of hydrogen-bond acceptors (Lipinski definition) is 2. The van der Waals surface area contributed by atoms with Gasteiger partial charge in [-0.05, 0) is 45.5 Å². The van der Waals surface area contributed by atoms with E-state index in [1.54, 1.807) is 12.1 Å². The van der Waals surface area contributed by atoms with Crippen molar-refractivity contribution >= 4 is 21.7 Å². The fraction of sp³-hybridized carbons (Fsp3) is 0.312. The maximum Gasteiger partial charge on any atom is 0.228 e. The van der Waals surface area contributed by atoms with Crippen LogP contribution in [0.15, 0.2) is 45.5 Å². The molecule has 0 radical (unpaired) electrons. The van der Waals surface area contributed by atoms with Crippen molar-refractivity contribution in [1.29, 1.82) is 0 Å². The van der Waals surface area contributed by atoms with Gasteiger partial charge in [0.2, 0.25) is 5.78 Å². The van der Waals surface area contributed by atoms with Crippen LogP contribution in [0, 0.1) is 0 Å². The number of carbonyl (C=O) groups excluding carboxylic acids is 1. The lowest BCUT2D eigenvalue weighted by Crippen LogP contribution is -2.15. The Morgan fingerprint density at radius 2 is 1.79 bits per heavy atom. The van der Waals surface area contributed by atoms with Gasteiger partial charge in [-0.25, -0.2) is 0 Å². The van der Waals surface area contributed by atoms with E-state index < -0.39 is 0 Å². The van der Waals surface area contributed by atoms with E-state index in [9.17, 15) is 4.79 Å². The van der Waals surface area contributed by atoms with Gasteiger partial charge in [-0.3, -0.25) is 4.79 Å². The van der Waals surface area contributed by atoms with Crippen LogP contribution in [0.4, 0.5) is 0 Å². The molecule has 0 saturated heterocycles. The summed E-state index contributed by atoms with van der Waals surface area (Å²) in [4.78, 5) is 12.2. The van der Waals surface area contributed by atoms with Gasteiger partial charge in [-0.1, -0.05) is 45.0 Å². The highest BCUT2D eigenvalue weighted by Gasteiger charge is 2.19. The second kappa shape index (κ2) is 5.33. The van der Waals surface area contributed by atoms with Crippen LogP contribution in [0.3, 0.4) is 0 Å². The molecule has 0 atom stereocenters. The summed E-state index contributed by atoms with van der Waals surface area (Å²) in [5, 5.41) is 0. The van der Waals surface area contributed by atoms with E-state index in [-0.39, 0.29) is 11.2 Å². The van der Waals surface area contributed by atoms with Crippen LogP contribution in [0.25, 0.3) is 0 Å². The van der Waals surface area contributed by atoms with Gasteiger partial charge >= 0.3 is 0 Å². The zero-order valence-corrected chi connectivity index (χ0v) is 13.0. The van der Waals surface area contributed by atoms with Gasteiger partial charge in [0.15, 0.2) is 10.4 Å². The molecule has 3 heteroatoms. The van der Waals surface area contributed by atoms with E-state index in [0.717, 1.165) is 6.42 Å². The number of carbonyl (C=O) groups is 1. The summed E-state index contributed by atoms with van der Waals surface area (Å²) in [6.07, 6.45) is 1.06. The topological polar surface area (TPSA) is 30.2 Å². The SMILES string of the molecule is CCC(C)(C)c1ccc(C(=O)c2ccc(Br)o2)cc1. The Morgan fingerprint density at radius 3 is 2.26 bits per heavy atom. The normalized spacial score (nSPS) is 11.6. The van der Waals surface area contributed by atoms with E-state index in [2.05, 4.69) is 36.7 Å². The summed E-state index contributed by atoms with van der Waals surface area (Å²) in [7, 11) is 0. The molecule has 2 rings (SSSR count). The molecule has 1 aromatic heterocycles. The largest absolute Gasteiger partial charge is 0.446 e. The maximum absolute atomic E-state index is 12.2. The fourth-order valence-electron chi connectivity index (χ4n) is 1.86. The lowest BCUT2D eigenvalue weighted by atomic mass is 9.82. The molecule has 2 nitrogen and oxygen atoms in total. The Labute approximate surface area is 122 Å². The molecule has 0 aliphatic heterocycles. The van der Waals surface area contributed by atoms with Crippen molar-refractivity contribution < 1.29 is 9.21 Å². The van der Waals surface area contributed by atoms with E-state index in [1.807, 2.05) is 24.3 Å². The molecule has 0 saturated carbocycles. The molecule has 1 aromatic carbocycles. The molecule has 2 aromatic rings. The van der Waals surface area contributed by atoms with Crippen LogP contribution in [-0.2, 0) is 5.41 Å². The van der Waals surface area contributed by atoms with Crippen molar-refractivity contribution in [3.05, 3.63) is 58.0 Å². The monoisotopic (exact) mass is 320 g/mol. The summed E-state index contributed by atoms with van der Waals surface area (Å²) in [5.41, 5.74) is 2.03. The molecular formula is C16H17BrO2. The second-order valence-corrected chi connectivity index (χ2v) is 6.03. The minimum Gasteiger partial charge on any atom is -0.446 e. The Morgan fingerprint density at radius 1 is 1.16 bits per heavy atom. The third kappa shape index (κ3) is 2.98. The second-order valence-electron chi connectivity index (χ2n) is 5.25. The van der Waals surface area contributed by atoms with Crippen LogP contribution >= 0.6 is 15.9 Å². The summed E-state index contributed by atoms with van der Waals surface area (Å²) < 4.78 is 5.85. The number of halogens is 1. The van der Waals surface area contributed by atoms with Gasteiger partial charge in [-0.2, -0.15) is 0 Å². The molecule has 1 heterocycles. The minimum absolute atomic E-state index is 0.0912. The number of furan rings is 1. The van der Waals surface area contributed by atoms with Crippen molar-refractivity contribution in [2.45, 2.75) is 32.6 Å². The van der Waals surface area contributed by atoms with Crippen molar-refractivity contribution in [3.8, 4) is 0 Å². The number of hydrogen-bond donors (Lipinski definition) is 0. The first-order valence-corrected chi connectivity index (χ1v) is 7.14. The predicted octanol–water partition coefficient (Wildman–Crippen LogP) is 4.96. The van der Waals surface area contributed by atoms with Gasteiger partial charge in [0.05, 0.1) is 0 Å². The molecule has 0 amide bonds. The highest BCUT2D eigenvalue weighted by Crippen LogP contribution is 2.27. The minimum atomic E-state index is -0.0912. The number of ketones is 1. The van der Waals surface area contributed by atoms with Gasteiger partial charge < -0.3 is 4.42 Å². The van der Waals surface area contributed by atoms with E-state index in [4.69, 9.17) is 4.42 Å². The Balaban J connectivity index is 2.26. The molecule has 0 unspecified atom stereocenters.